The Hall–Kier alpha value is -1.95. The molecule has 0 aliphatic carbocycles. The van der Waals surface area contributed by atoms with Crippen LogP contribution in [0.4, 0.5) is 4.39 Å². The maximum absolute atomic E-state index is 12.8. The molecule has 0 atom stereocenters. The Morgan fingerprint density at radius 2 is 2.09 bits per heavy atom. The lowest BCUT2D eigenvalue weighted by molar-refractivity contribution is -0.125. The number of likely N-dealkylation sites (N-methyl/N-ethyl adjacent to an activating group) is 1. The first kappa shape index (κ1) is 16.4. The fourth-order valence-corrected chi connectivity index (χ4v) is 2.41. The van der Waals surface area contributed by atoms with Crippen molar-refractivity contribution >= 4 is 27.9 Å². The van der Waals surface area contributed by atoms with E-state index in [2.05, 4.69) is 21.0 Å². The summed E-state index contributed by atoms with van der Waals surface area (Å²) < 4.78 is 15.6. The number of halogens is 2. The summed E-state index contributed by atoms with van der Waals surface area (Å²) in [6, 6.07) is 5.99. The zero-order valence-electron chi connectivity index (χ0n) is 12.5. The van der Waals surface area contributed by atoms with Crippen LogP contribution in [0.3, 0.4) is 0 Å². The number of rotatable bonds is 5. The van der Waals surface area contributed by atoms with Crippen LogP contribution >= 0.6 is 15.9 Å². The number of hydrogen-bond donors (Lipinski definition) is 0. The van der Waals surface area contributed by atoms with Crippen LogP contribution in [0.15, 0.2) is 41.0 Å². The van der Waals surface area contributed by atoms with E-state index in [9.17, 15) is 9.18 Å². The highest BCUT2D eigenvalue weighted by atomic mass is 79.9. The molecule has 1 heterocycles. The molecule has 0 radical (unpaired) electrons. The van der Waals surface area contributed by atoms with Gasteiger partial charge < -0.3 is 4.90 Å². The maximum atomic E-state index is 12.8. The molecule has 0 fully saturated rings. The summed E-state index contributed by atoms with van der Waals surface area (Å²) in [4.78, 5) is 13.7. The lowest BCUT2D eigenvalue weighted by atomic mass is 10.2. The number of aryl methyl sites for hydroxylation is 1. The van der Waals surface area contributed by atoms with Gasteiger partial charge in [0.15, 0.2) is 0 Å². The van der Waals surface area contributed by atoms with Crippen molar-refractivity contribution in [2.75, 3.05) is 7.05 Å². The van der Waals surface area contributed by atoms with Crippen molar-refractivity contribution in [2.24, 2.45) is 0 Å². The molecule has 0 unspecified atom stereocenters. The summed E-state index contributed by atoms with van der Waals surface area (Å²) in [6.07, 6.45) is 4.88. The average Bonchev–Trinajstić information content (AvgIpc) is 2.86. The van der Waals surface area contributed by atoms with Crippen molar-refractivity contribution in [3.05, 3.63) is 58.1 Å². The van der Waals surface area contributed by atoms with Crippen LogP contribution in [0.5, 0.6) is 0 Å². The largest absolute Gasteiger partial charge is 0.336 e. The van der Waals surface area contributed by atoms with Crippen molar-refractivity contribution < 1.29 is 9.18 Å². The molecule has 0 saturated heterocycles. The van der Waals surface area contributed by atoms with Gasteiger partial charge in [-0.1, -0.05) is 12.1 Å². The van der Waals surface area contributed by atoms with E-state index in [0.717, 1.165) is 22.3 Å². The molecule has 0 N–H and O–H groups in total. The van der Waals surface area contributed by atoms with Gasteiger partial charge in [-0.15, -0.1) is 0 Å². The lowest BCUT2D eigenvalue weighted by Gasteiger charge is -2.16. The van der Waals surface area contributed by atoms with E-state index >= 15 is 0 Å². The van der Waals surface area contributed by atoms with Crippen molar-refractivity contribution in [2.45, 2.75) is 20.0 Å². The van der Waals surface area contributed by atoms with Gasteiger partial charge in [0.25, 0.3) is 0 Å². The lowest BCUT2D eigenvalue weighted by Crippen LogP contribution is -2.25. The predicted octanol–water partition coefficient (Wildman–Crippen LogP) is 3.48. The van der Waals surface area contributed by atoms with Gasteiger partial charge in [-0.25, -0.2) is 4.39 Å². The second kappa shape index (κ2) is 7.35. The van der Waals surface area contributed by atoms with E-state index in [4.69, 9.17) is 0 Å². The molecule has 0 aliphatic heterocycles. The molecule has 1 aromatic carbocycles. The van der Waals surface area contributed by atoms with Gasteiger partial charge in [0.1, 0.15) is 5.82 Å². The van der Waals surface area contributed by atoms with Crippen LogP contribution in [0.1, 0.15) is 18.2 Å². The zero-order chi connectivity index (χ0) is 16.1. The zero-order valence-corrected chi connectivity index (χ0v) is 14.0. The van der Waals surface area contributed by atoms with Crippen molar-refractivity contribution in [3.8, 4) is 0 Å². The fraction of sp³-hybridized carbons (Fsp3) is 0.250. The first-order valence-corrected chi connectivity index (χ1v) is 7.69. The van der Waals surface area contributed by atoms with Crippen LogP contribution in [0, 0.1) is 5.82 Å². The molecular formula is C16H17BrFN3O. The van der Waals surface area contributed by atoms with E-state index < -0.39 is 0 Å². The minimum absolute atomic E-state index is 0.125. The van der Waals surface area contributed by atoms with E-state index in [1.807, 2.05) is 11.6 Å². The summed E-state index contributed by atoms with van der Waals surface area (Å²) in [7, 11) is 1.73. The fourth-order valence-electron chi connectivity index (χ4n) is 1.99. The molecule has 1 amide bonds. The molecule has 2 rings (SSSR count). The van der Waals surface area contributed by atoms with E-state index in [-0.39, 0.29) is 11.7 Å². The molecule has 6 heteroatoms. The number of aromatic nitrogens is 2. The highest BCUT2D eigenvalue weighted by Gasteiger charge is 2.12. The second-order valence-electron chi connectivity index (χ2n) is 4.83. The predicted molar refractivity (Wildman–Crippen MR) is 87.5 cm³/mol. The third kappa shape index (κ3) is 4.04. The molecule has 0 aliphatic rings. The summed E-state index contributed by atoms with van der Waals surface area (Å²) >= 11 is 3.44. The van der Waals surface area contributed by atoms with Gasteiger partial charge in [-0.3, -0.25) is 9.48 Å². The first-order chi connectivity index (χ1) is 10.5. The Kier molecular flexibility index (Phi) is 5.49. The number of carbonyl (C=O) groups excluding carboxylic acids is 1. The molecule has 22 heavy (non-hydrogen) atoms. The van der Waals surface area contributed by atoms with Crippen LogP contribution in [-0.2, 0) is 17.9 Å². The topological polar surface area (TPSA) is 38.1 Å². The van der Waals surface area contributed by atoms with E-state index in [1.54, 1.807) is 36.4 Å². The molecule has 0 spiro atoms. The molecule has 2 aromatic rings. The van der Waals surface area contributed by atoms with E-state index in [1.165, 1.54) is 18.2 Å². The molecule has 0 bridgehead atoms. The minimum atomic E-state index is -0.293. The molecule has 4 nitrogen and oxygen atoms in total. The summed E-state index contributed by atoms with van der Waals surface area (Å²) in [5.74, 6) is -0.418. The molecular weight excluding hydrogens is 349 g/mol. The average molecular weight is 366 g/mol. The highest BCUT2D eigenvalue weighted by Crippen LogP contribution is 2.17. The quantitative estimate of drug-likeness (QED) is 0.760. The number of benzene rings is 1. The Morgan fingerprint density at radius 1 is 1.41 bits per heavy atom. The third-order valence-electron chi connectivity index (χ3n) is 3.25. The Bertz CT molecular complexity index is 679. The smallest absolute Gasteiger partial charge is 0.246 e. The Balaban J connectivity index is 2.03. The number of amides is 1. The Morgan fingerprint density at radius 3 is 2.73 bits per heavy atom. The SMILES string of the molecule is CCn1ncc(Br)c1CN(C)C(=O)/C=C/c1ccc(F)cc1. The van der Waals surface area contributed by atoms with Crippen LogP contribution < -0.4 is 0 Å². The normalized spacial score (nSPS) is 11.1. The van der Waals surface area contributed by atoms with Crippen LogP contribution in [0.2, 0.25) is 0 Å². The number of hydrogen-bond acceptors (Lipinski definition) is 2. The number of carbonyl (C=O) groups is 1. The summed E-state index contributed by atoms with van der Waals surface area (Å²) in [5.41, 5.74) is 1.73. The molecule has 0 saturated carbocycles. The van der Waals surface area contributed by atoms with Gasteiger partial charge in [0, 0.05) is 19.7 Å². The summed E-state index contributed by atoms with van der Waals surface area (Å²) in [5, 5.41) is 4.23. The van der Waals surface area contributed by atoms with Gasteiger partial charge in [-0.2, -0.15) is 5.10 Å². The van der Waals surface area contributed by atoms with E-state index in [0.29, 0.717) is 6.54 Å². The van der Waals surface area contributed by atoms with Crippen LogP contribution in [-0.4, -0.2) is 27.6 Å². The first-order valence-electron chi connectivity index (χ1n) is 6.90. The van der Waals surface area contributed by atoms with Crippen LogP contribution in [0.25, 0.3) is 6.08 Å². The third-order valence-corrected chi connectivity index (χ3v) is 3.91. The maximum Gasteiger partial charge on any atom is 0.246 e. The second-order valence-corrected chi connectivity index (χ2v) is 5.69. The van der Waals surface area contributed by atoms with Gasteiger partial charge in [-0.05, 0) is 46.6 Å². The van der Waals surface area contributed by atoms with Crippen molar-refractivity contribution in [1.29, 1.82) is 0 Å². The number of nitrogens with zero attached hydrogens (tertiary/aromatic N) is 3. The van der Waals surface area contributed by atoms with Crippen molar-refractivity contribution in [1.82, 2.24) is 14.7 Å². The minimum Gasteiger partial charge on any atom is -0.336 e. The standard InChI is InChI=1S/C16H17BrFN3O/c1-3-21-15(14(17)10-19-21)11-20(2)16(22)9-6-12-4-7-13(18)8-5-12/h4-10H,3,11H2,1-2H3/b9-6+. The highest BCUT2D eigenvalue weighted by molar-refractivity contribution is 9.10. The Labute approximate surface area is 137 Å². The van der Waals surface area contributed by atoms with Crippen molar-refractivity contribution in [3.63, 3.8) is 0 Å². The summed E-state index contributed by atoms with van der Waals surface area (Å²) in [6.45, 7) is 3.20. The molecule has 116 valence electrons. The van der Waals surface area contributed by atoms with Gasteiger partial charge >= 0.3 is 0 Å². The van der Waals surface area contributed by atoms with Gasteiger partial charge in [0.2, 0.25) is 5.91 Å². The molecule has 1 aromatic heterocycles. The monoisotopic (exact) mass is 365 g/mol. The van der Waals surface area contributed by atoms with Gasteiger partial charge in [0.05, 0.1) is 22.9 Å².